The Morgan fingerprint density at radius 2 is 0.806 bits per heavy atom. The second-order valence-corrected chi connectivity index (χ2v) is 18.6. The zero-order valence-electron chi connectivity index (χ0n) is 41.4. The van der Waals surface area contributed by atoms with E-state index < -0.39 is 12.1 Å². The number of rotatable bonds is 50. The highest BCUT2D eigenvalue weighted by atomic mass is 16.5. The van der Waals surface area contributed by atoms with E-state index in [0.29, 0.717) is 19.4 Å². The van der Waals surface area contributed by atoms with Crippen LogP contribution >= 0.6 is 0 Å². The minimum atomic E-state index is -0.864. The normalized spacial score (nSPS) is 12.9. The predicted molar refractivity (Wildman–Crippen MR) is 269 cm³/mol. The van der Waals surface area contributed by atoms with Gasteiger partial charge in [-0.15, -0.1) is 0 Å². The lowest BCUT2D eigenvalue weighted by atomic mass is 10.0. The summed E-state index contributed by atoms with van der Waals surface area (Å²) in [4.78, 5) is 24.5. The van der Waals surface area contributed by atoms with Crippen LogP contribution in [-0.2, 0) is 14.3 Å². The molecule has 0 fully saturated rings. The fourth-order valence-electron chi connectivity index (χ4n) is 8.19. The molecule has 0 heterocycles. The summed E-state index contributed by atoms with van der Waals surface area (Å²) in [5.74, 6) is -0.136. The number of hydrogen-bond acceptors (Lipinski definition) is 5. The second kappa shape index (κ2) is 51.7. The lowest BCUT2D eigenvalue weighted by Crippen LogP contribution is -2.45. The number of ether oxygens (including phenoxy) is 1. The van der Waals surface area contributed by atoms with Gasteiger partial charge in [0.25, 0.3) is 0 Å². The zero-order valence-corrected chi connectivity index (χ0v) is 41.4. The van der Waals surface area contributed by atoms with Gasteiger partial charge >= 0.3 is 5.97 Å². The Balaban J connectivity index is 3.54. The van der Waals surface area contributed by atoms with Crippen LogP contribution < -0.4 is 5.32 Å². The van der Waals surface area contributed by atoms with Gasteiger partial charge in [-0.3, -0.25) is 9.59 Å². The molecule has 0 spiro atoms. The lowest BCUT2D eigenvalue weighted by Gasteiger charge is -2.20. The van der Waals surface area contributed by atoms with E-state index in [4.69, 9.17) is 4.74 Å². The Kier molecular flexibility index (Phi) is 50.1. The minimum Gasteiger partial charge on any atom is -0.466 e. The summed E-state index contributed by atoms with van der Waals surface area (Å²) in [6.45, 7) is 4.82. The van der Waals surface area contributed by atoms with Gasteiger partial charge in [0, 0.05) is 12.8 Å². The molecule has 0 saturated heterocycles. The number of aliphatic hydroxyl groups excluding tert-OH is 2. The minimum absolute atomic E-state index is 0.0406. The van der Waals surface area contributed by atoms with Crippen molar-refractivity contribution in [3.63, 3.8) is 0 Å². The van der Waals surface area contributed by atoms with Crippen LogP contribution in [0.3, 0.4) is 0 Å². The van der Waals surface area contributed by atoms with E-state index in [1.807, 2.05) is 6.08 Å². The zero-order chi connectivity index (χ0) is 45.1. The monoisotopic (exact) mass is 872 g/mol. The van der Waals surface area contributed by atoms with E-state index in [0.717, 1.165) is 70.6 Å². The molecule has 2 unspecified atom stereocenters. The van der Waals surface area contributed by atoms with Crippen LogP contribution in [0.5, 0.6) is 0 Å². The van der Waals surface area contributed by atoms with E-state index >= 15 is 0 Å². The predicted octanol–water partition coefficient (Wildman–Crippen LogP) is 16.5. The average molecular weight is 872 g/mol. The van der Waals surface area contributed by atoms with Gasteiger partial charge in [-0.2, -0.15) is 0 Å². The van der Waals surface area contributed by atoms with E-state index in [1.54, 1.807) is 6.08 Å². The van der Waals surface area contributed by atoms with E-state index in [-0.39, 0.29) is 18.5 Å². The highest BCUT2D eigenvalue weighted by Crippen LogP contribution is 2.16. The number of unbranched alkanes of at least 4 members (excludes halogenated alkanes) is 35. The topological polar surface area (TPSA) is 95.9 Å². The summed E-state index contributed by atoms with van der Waals surface area (Å²) >= 11 is 0. The van der Waals surface area contributed by atoms with Crippen LogP contribution in [0.15, 0.2) is 36.5 Å². The summed E-state index contributed by atoms with van der Waals surface area (Å²) in [7, 11) is 0. The number of nitrogens with one attached hydrogen (secondary N) is 1. The van der Waals surface area contributed by atoms with Crippen LogP contribution in [0, 0.1) is 0 Å². The lowest BCUT2D eigenvalue weighted by molar-refractivity contribution is -0.143. The van der Waals surface area contributed by atoms with Gasteiger partial charge in [0.2, 0.25) is 5.91 Å². The molecule has 0 bridgehead atoms. The molecule has 0 aromatic carbocycles. The van der Waals surface area contributed by atoms with Crippen LogP contribution in [0.2, 0.25) is 0 Å². The van der Waals surface area contributed by atoms with Crippen LogP contribution in [0.4, 0.5) is 0 Å². The quantitative estimate of drug-likeness (QED) is 0.0321. The van der Waals surface area contributed by atoms with Crippen molar-refractivity contribution in [3.05, 3.63) is 36.5 Å². The first kappa shape index (κ1) is 60.1. The number of esters is 1. The Labute approximate surface area is 385 Å². The molecule has 364 valence electrons. The number of hydrogen-bond donors (Lipinski definition) is 3. The number of carbonyl (C=O) groups excluding carboxylic acids is 2. The fraction of sp³-hybridized carbons (Fsp3) is 0.857. The maximum absolute atomic E-state index is 12.5. The summed E-state index contributed by atoms with van der Waals surface area (Å²) < 4.78 is 5.45. The van der Waals surface area contributed by atoms with Gasteiger partial charge in [0.15, 0.2) is 0 Å². The number of allylic oxidation sites excluding steroid dienone is 5. The molecule has 0 aliphatic carbocycles. The Bertz CT molecular complexity index is 1010. The average Bonchev–Trinajstić information content (AvgIpc) is 3.27. The standard InChI is InChI=1S/C56H105NO5/c1-3-5-7-9-11-13-15-17-19-21-22-23-24-25-27-29-32-36-40-44-48-54(59)53(52-58)57-55(60)49-45-41-37-33-31-35-39-43-47-51-62-56(61)50-46-42-38-34-30-28-26-20-18-16-14-12-10-8-6-4-2/h14,16,20,26,44,48,53-54,58-59H,3-13,15,17-19,21-25,27-43,45-47,49-52H2,1-2H3,(H,57,60)/b16-14-,26-20-,48-44+. The Hall–Kier alpha value is -1.92. The van der Waals surface area contributed by atoms with Gasteiger partial charge in [0.05, 0.1) is 25.4 Å². The first-order valence-electron chi connectivity index (χ1n) is 27.3. The third kappa shape index (κ3) is 47.6. The van der Waals surface area contributed by atoms with E-state index in [1.165, 1.54) is 186 Å². The molecule has 2 atom stereocenters. The van der Waals surface area contributed by atoms with Crippen molar-refractivity contribution in [3.8, 4) is 0 Å². The molecule has 6 nitrogen and oxygen atoms in total. The highest BCUT2D eigenvalue weighted by molar-refractivity contribution is 5.76. The van der Waals surface area contributed by atoms with Crippen molar-refractivity contribution in [1.82, 2.24) is 5.32 Å². The first-order chi connectivity index (χ1) is 30.5. The van der Waals surface area contributed by atoms with Crippen molar-refractivity contribution >= 4 is 11.9 Å². The van der Waals surface area contributed by atoms with Crippen LogP contribution in [0.25, 0.3) is 0 Å². The van der Waals surface area contributed by atoms with Gasteiger partial charge in [-0.1, -0.05) is 243 Å². The molecule has 62 heavy (non-hydrogen) atoms. The molecule has 0 rings (SSSR count). The number of amides is 1. The first-order valence-corrected chi connectivity index (χ1v) is 27.3. The third-order valence-electron chi connectivity index (χ3n) is 12.4. The van der Waals surface area contributed by atoms with Gasteiger partial charge in [-0.05, 0) is 64.2 Å². The largest absolute Gasteiger partial charge is 0.466 e. The Morgan fingerprint density at radius 1 is 0.452 bits per heavy atom. The van der Waals surface area contributed by atoms with Crippen molar-refractivity contribution in [2.45, 2.75) is 296 Å². The maximum atomic E-state index is 12.5. The molecule has 3 N–H and O–H groups in total. The molecule has 0 aliphatic rings. The third-order valence-corrected chi connectivity index (χ3v) is 12.4. The van der Waals surface area contributed by atoms with Gasteiger partial charge in [-0.25, -0.2) is 0 Å². The molecule has 0 radical (unpaired) electrons. The van der Waals surface area contributed by atoms with Crippen molar-refractivity contribution in [2.24, 2.45) is 0 Å². The number of carbonyl (C=O) groups is 2. The smallest absolute Gasteiger partial charge is 0.305 e. The van der Waals surface area contributed by atoms with E-state index in [9.17, 15) is 19.8 Å². The summed E-state index contributed by atoms with van der Waals surface area (Å²) in [6, 6.07) is -0.650. The fourth-order valence-corrected chi connectivity index (χ4v) is 8.19. The highest BCUT2D eigenvalue weighted by Gasteiger charge is 2.18. The molecular weight excluding hydrogens is 767 g/mol. The van der Waals surface area contributed by atoms with E-state index in [2.05, 4.69) is 43.5 Å². The van der Waals surface area contributed by atoms with Crippen molar-refractivity contribution in [1.29, 1.82) is 0 Å². The van der Waals surface area contributed by atoms with Crippen molar-refractivity contribution in [2.75, 3.05) is 13.2 Å². The molecule has 0 aliphatic heterocycles. The summed E-state index contributed by atoms with van der Waals surface area (Å²) in [6.07, 6.45) is 62.9. The second-order valence-electron chi connectivity index (χ2n) is 18.6. The van der Waals surface area contributed by atoms with Gasteiger partial charge in [0.1, 0.15) is 0 Å². The molecule has 1 amide bonds. The van der Waals surface area contributed by atoms with Gasteiger partial charge < -0.3 is 20.3 Å². The van der Waals surface area contributed by atoms with Crippen LogP contribution in [0.1, 0.15) is 284 Å². The molecule has 6 heteroatoms. The maximum Gasteiger partial charge on any atom is 0.305 e. The SMILES string of the molecule is CCCCCC/C=C\C/C=C\CCCCCCCC(=O)OCCCCCCCCCCCC(=O)NC(CO)C(O)/C=C/CCCCCCCCCCCCCCCCCCCC. The van der Waals surface area contributed by atoms with Crippen LogP contribution in [-0.4, -0.2) is 47.4 Å². The Morgan fingerprint density at radius 3 is 1.24 bits per heavy atom. The summed E-state index contributed by atoms with van der Waals surface area (Å²) in [5, 5.41) is 23.1. The summed E-state index contributed by atoms with van der Waals surface area (Å²) in [5.41, 5.74) is 0. The number of aliphatic hydroxyl groups is 2. The van der Waals surface area contributed by atoms with Crippen molar-refractivity contribution < 1.29 is 24.5 Å². The molecule has 0 aromatic heterocycles. The molecule has 0 saturated carbocycles. The molecular formula is C56H105NO5. The molecule has 0 aromatic rings.